The Kier molecular flexibility index (Phi) is 5.81. The Bertz CT molecular complexity index is 926. The molecule has 0 atom stereocenters. The average molecular weight is 377 g/mol. The average Bonchev–Trinajstić information content (AvgIpc) is 2.55. The third kappa shape index (κ3) is 4.48. The van der Waals surface area contributed by atoms with Gasteiger partial charge in [-0.1, -0.05) is 19.4 Å². The standard InChI is InChI=1S/C17H23N5O3S/c1-5-7-13-17(22(2)3)21-16(14(20-13)15(18)23)19-11-8-6-9-12(10-11)26(4,24)25/h6,8-10H,5,7H2,1-4H3,(H2,18,23)(H,19,21). The smallest absolute Gasteiger partial charge is 0.271 e. The number of anilines is 3. The normalized spacial score (nSPS) is 11.2. The maximum atomic E-state index is 11.8. The van der Waals surface area contributed by atoms with E-state index in [0.29, 0.717) is 23.6 Å². The zero-order chi connectivity index (χ0) is 19.5. The lowest BCUT2D eigenvalue weighted by Crippen LogP contribution is -2.22. The summed E-state index contributed by atoms with van der Waals surface area (Å²) in [7, 11) is 0.313. The zero-order valence-electron chi connectivity index (χ0n) is 15.3. The summed E-state index contributed by atoms with van der Waals surface area (Å²) in [5.74, 6) is 0.104. The molecule has 0 unspecified atom stereocenters. The Labute approximate surface area is 153 Å². The van der Waals surface area contributed by atoms with Gasteiger partial charge in [0, 0.05) is 26.0 Å². The van der Waals surface area contributed by atoms with Gasteiger partial charge < -0.3 is 16.0 Å². The number of carbonyl (C=O) groups excluding carboxylic acids is 1. The predicted octanol–water partition coefficient (Wildman–Crippen LogP) is 1.74. The summed E-state index contributed by atoms with van der Waals surface area (Å²) < 4.78 is 23.5. The lowest BCUT2D eigenvalue weighted by Gasteiger charge is -2.19. The molecular formula is C17H23N5O3S. The lowest BCUT2D eigenvalue weighted by molar-refractivity contribution is 0.0996. The molecule has 1 aromatic heterocycles. The monoisotopic (exact) mass is 377 g/mol. The van der Waals surface area contributed by atoms with Crippen molar-refractivity contribution in [1.82, 2.24) is 9.97 Å². The van der Waals surface area contributed by atoms with Crippen LogP contribution in [0.15, 0.2) is 29.2 Å². The zero-order valence-corrected chi connectivity index (χ0v) is 16.1. The molecule has 1 aromatic carbocycles. The first-order valence-corrected chi connectivity index (χ1v) is 9.97. The molecule has 1 amide bonds. The minimum absolute atomic E-state index is 0.0174. The molecule has 0 fully saturated rings. The van der Waals surface area contributed by atoms with Crippen LogP contribution in [0.5, 0.6) is 0 Å². The van der Waals surface area contributed by atoms with E-state index in [9.17, 15) is 13.2 Å². The number of nitrogens with one attached hydrogen (secondary N) is 1. The number of nitrogens with zero attached hydrogens (tertiary/aromatic N) is 3. The van der Waals surface area contributed by atoms with Gasteiger partial charge in [-0.25, -0.2) is 18.4 Å². The molecule has 8 nitrogen and oxygen atoms in total. The van der Waals surface area contributed by atoms with Gasteiger partial charge in [-0.05, 0) is 24.6 Å². The van der Waals surface area contributed by atoms with E-state index in [4.69, 9.17) is 5.73 Å². The number of primary amides is 1. The number of amides is 1. The number of nitrogens with two attached hydrogens (primary N) is 1. The van der Waals surface area contributed by atoms with Crippen LogP contribution in [0.3, 0.4) is 0 Å². The fourth-order valence-electron chi connectivity index (χ4n) is 2.42. The molecule has 140 valence electrons. The van der Waals surface area contributed by atoms with Gasteiger partial charge in [0.1, 0.15) is 0 Å². The minimum Gasteiger partial charge on any atom is -0.364 e. The highest BCUT2D eigenvalue weighted by molar-refractivity contribution is 7.90. The van der Waals surface area contributed by atoms with Crippen molar-refractivity contribution >= 4 is 33.1 Å². The highest BCUT2D eigenvalue weighted by Gasteiger charge is 2.19. The van der Waals surface area contributed by atoms with Gasteiger partial charge in [0.25, 0.3) is 5.91 Å². The van der Waals surface area contributed by atoms with Crippen molar-refractivity contribution in [2.75, 3.05) is 30.6 Å². The molecule has 3 N–H and O–H groups in total. The van der Waals surface area contributed by atoms with Gasteiger partial charge in [0.15, 0.2) is 27.2 Å². The first-order chi connectivity index (χ1) is 12.1. The van der Waals surface area contributed by atoms with E-state index >= 15 is 0 Å². The maximum absolute atomic E-state index is 11.8. The second kappa shape index (κ2) is 7.69. The lowest BCUT2D eigenvalue weighted by atomic mass is 10.2. The van der Waals surface area contributed by atoms with Gasteiger partial charge in [-0.3, -0.25) is 4.79 Å². The Balaban J connectivity index is 2.54. The SMILES string of the molecule is CCCc1nc(C(N)=O)c(Nc2cccc(S(C)(=O)=O)c2)nc1N(C)C. The summed E-state index contributed by atoms with van der Waals surface area (Å²) >= 11 is 0. The first-order valence-electron chi connectivity index (χ1n) is 8.08. The van der Waals surface area contributed by atoms with Crippen LogP contribution in [0.2, 0.25) is 0 Å². The Morgan fingerprint density at radius 2 is 1.96 bits per heavy atom. The van der Waals surface area contributed by atoms with Gasteiger partial charge in [-0.2, -0.15) is 0 Å². The van der Waals surface area contributed by atoms with E-state index in [0.717, 1.165) is 12.7 Å². The number of rotatable bonds is 7. The number of carbonyl (C=O) groups is 1. The van der Waals surface area contributed by atoms with Crippen LogP contribution in [0.25, 0.3) is 0 Å². The summed E-state index contributed by atoms with van der Waals surface area (Å²) in [5.41, 5.74) is 6.64. The molecule has 0 saturated heterocycles. The number of sulfone groups is 1. The fraction of sp³-hybridized carbons (Fsp3) is 0.353. The maximum Gasteiger partial charge on any atom is 0.271 e. The van der Waals surface area contributed by atoms with Crippen LogP contribution in [0.4, 0.5) is 17.3 Å². The Morgan fingerprint density at radius 1 is 1.27 bits per heavy atom. The molecule has 1 heterocycles. The predicted molar refractivity (Wildman–Crippen MR) is 102 cm³/mol. The molecule has 26 heavy (non-hydrogen) atoms. The van der Waals surface area contributed by atoms with E-state index in [1.54, 1.807) is 17.0 Å². The third-order valence-electron chi connectivity index (χ3n) is 3.62. The quantitative estimate of drug-likeness (QED) is 0.754. The second-order valence-electron chi connectivity index (χ2n) is 6.12. The highest BCUT2D eigenvalue weighted by Crippen LogP contribution is 2.25. The van der Waals surface area contributed by atoms with E-state index in [-0.39, 0.29) is 16.4 Å². The van der Waals surface area contributed by atoms with Crippen LogP contribution < -0.4 is 16.0 Å². The van der Waals surface area contributed by atoms with Crippen LogP contribution >= 0.6 is 0 Å². The molecule has 2 rings (SSSR count). The van der Waals surface area contributed by atoms with Crippen LogP contribution in [0, 0.1) is 0 Å². The number of aryl methyl sites for hydroxylation is 1. The summed E-state index contributed by atoms with van der Waals surface area (Å²) in [6.45, 7) is 2.01. The Morgan fingerprint density at radius 3 is 2.50 bits per heavy atom. The summed E-state index contributed by atoms with van der Waals surface area (Å²) in [4.78, 5) is 22.7. The minimum atomic E-state index is -3.36. The summed E-state index contributed by atoms with van der Waals surface area (Å²) in [6, 6.07) is 6.25. The number of hydrogen-bond donors (Lipinski definition) is 2. The van der Waals surface area contributed by atoms with E-state index in [1.165, 1.54) is 12.1 Å². The second-order valence-corrected chi connectivity index (χ2v) is 8.14. The van der Waals surface area contributed by atoms with Crippen molar-refractivity contribution in [3.8, 4) is 0 Å². The molecule has 0 aliphatic rings. The first kappa shape index (κ1) is 19.6. The molecule has 0 aliphatic heterocycles. The van der Waals surface area contributed by atoms with E-state index in [2.05, 4.69) is 15.3 Å². The van der Waals surface area contributed by atoms with E-state index < -0.39 is 15.7 Å². The van der Waals surface area contributed by atoms with Crippen molar-refractivity contribution in [2.24, 2.45) is 5.73 Å². The van der Waals surface area contributed by atoms with Crippen LogP contribution in [0.1, 0.15) is 29.5 Å². The molecule has 9 heteroatoms. The number of aromatic nitrogens is 2. The van der Waals surface area contributed by atoms with Gasteiger partial charge >= 0.3 is 0 Å². The molecule has 0 aliphatic carbocycles. The van der Waals surface area contributed by atoms with Crippen LogP contribution in [-0.2, 0) is 16.3 Å². The molecule has 0 radical (unpaired) electrons. The van der Waals surface area contributed by atoms with Gasteiger partial charge in [0.2, 0.25) is 0 Å². The molecule has 0 bridgehead atoms. The van der Waals surface area contributed by atoms with Crippen LogP contribution in [-0.4, -0.2) is 44.6 Å². The number of hydrogen-bond acceptors (Lipinski definition) is 7. The largest absolute Gasteiger partial charge is 0.364 e. The summed E-state index contributed by atoms with van der Waals surface area (Å²) in [6.07, 6.45) is 2.63. The molecule has 0 saturated carbocycles. The molecular weight excluding hydrogens is 354 g/mol. The topological polar surface area (TPSA) is 118 Å². The highest BCUT2D eigenvalue weighted by atomic mass is 32.2. The molecule has 2 aromatic rings. The van der Waals surface area contributed by atoms with Gasteiger partial charge in [-0.15, -0.1) is 0 Å². The fourth-order valence-corrected chi connectivity index (χ4v) is 3.09. The molecule has 0 spiro atoms. The van der Waals surface area contributed by atoms with Gasteiger partial charge in [0.05, 0.1) is 10.6 Å². The van der Waals surface area contributed by atoms with Crippen molar-refractivity contribution in [2.45, 2.75) is 24.7 Å². The van der Waals surface area contributed by atoms with Crippen molar-refractivity contribution < 1.29 is 13.2 Å². The number of benzene rings is 1. The van der Waals surface area contributed by atoms with Crippen molar-refractivity contribution in [3.05, 3.63) is 35.7 Å². The third-order valence-corrected chi connectivity index (χ3v) is 4.73. The summed E-state index contributed by atoms with van der Waals surface area (Å²) in [5, 5.41) is 2.97. The van der Waals surface area contributed by atoms with E-state index in [1.807, 2.05) is 21.0 Å². The van der Waals surface area contributed by atoms with Crippen molar-refractivity contribution in [3.63, 3.8) is 0 Å². The van der Waals surface area contributed by atoms with Crippen molar-refractivity contribution in [1.29, 1.82) is 0 Å². The Hall–Kier alpha value is -2.68.